The minimum atomic E-state index is -0.349. The van der Waals surface area contributed by atoms with Crippen LogP contribution in [0.15, 0.2) is 55.0 Å². The van der Waals surface area contributed by atoms with Gasteiger partial charge in [0.25, 0.3) is 0 Å². The number of imidazole rings is 1. The standard InChI is InChI=1S/C26H27N5O2/c1-16-4-2-7-23(31-16)25-24(29-15-30-25)18-8-9-22-19(11-18)12-20(13-28-22)26(32)33-14-17-5-3-6-21(27)10-17/h2,4,7-9,11-13,15,17,21H,3,5-6,10,14,27H2,1H3,(H,29,30)/t17-,21-/m0/s1. The van der Waals surface area contributed by atoms with Crippen molar-refractivity contribution in [3.8, 4) is 22.6 Å². The number of aryl methyl sites for hydroxylation is 1. The molecule has 1 aromatic carbocycles. The second kappa shape index (κ2) is 9.11. The van der Waals surface area contributed by atoms with Crippen LogP contribution in [0.3, 0.4) is 0 Å². The van der Waals surface area contributed by atoms with Crippen LogP contribution < -0.4 is 5.73 Å². The molecule has 1 saturated carbocycles. The van der Waals surface area contributed by atoms with Gasteiger partial charge in [-0.15, -0.1) is 0 Å². The molecule has 0 radical (unpaired) electrons. The number of carbonyl (C=O) groups excluding carboxylic acids is 1. The van der Waals surface area contributed by atoms with Gasteiger partial charge in [0.2, 0.25) is 0 Å². The minimum absolute atomic E-state index is 0.213. The van der Waals surface area contributed by atoms with Crippen LogP contribution in [-0.4, -0.2) is 38.6 Å². The third kappa shape index (κ3) is 4.64. The number of aromatic nitrogens is 4. The van der Waals surface area contributed by atoms with E-state index in [4.69, 9.17) is 10.5 Å². The number of fused-ring (bicyclic) bond motifs is 1. The van der Waals surface area contributed by atoms with E-state index in [2.05, 4.69) is 19.9 Å². The molecule has 0 unspecified atom stereocenters. The molecule has 0 saturated heterocycles. The predicted molar refractivity (Wildman–Crippen MR) is 128 cm³/mol. The topological polar surface area (TPSA) is 107 Å². The molecule has 0 spiro atoms. The van der Waals surface area contributed by atoms with Crippen molar-refractivity contribution in [3.63, 3.8) is 0 Å². The van der Waals surface area contributed by atoms with E-state index in [9.17, 15) is 4.79 Å². The van der Waals surface area contributed by atoms with E-state index < -0.39 is 0 Å². The smallest absolute Gasteiger partial charge is 0.339 e. The molecule has 5 rings (SSSR count). The summed E-state index contributed by atoms with van der Waals surface area (Å²) in [5.74, 6) is -0.00981. The molecule has 1 fully saturated rings. The molecule has 0 aliphatic heterocycles. The molecule has 4 aromatic rings. The maximum atomic E-state index is 12.7. The number of hydrogen-bond donors (Lipinski definition) is 2. The Morgan fingerprint density at radius 1 is 1.18 bits per heavy atom. The fraction of sp³-hybridized carbons (Fsp3) is 0.308. The molecule has 3 N–H and O–H groups in total. The first-order chi connectivity index (χ1) is 16.1. The number of nitrogens with zero attached hydrogens (tertiary/aromatic N) is 3. The van der Waals surface area contributed by atoms with E-state index in [0.717, 1.165) is 64.9 Å². The Labute approximate surface area is 192 Å². The van der Waals surface area contributed by atoms with Gasteiger partial charge in [0.1, 0.15) is 0 Å². The lowest BCUT2D eigenvalue weighted by Gasteiger charge is -2.26. The van der Waals surface area contributed by atoms with Gasteiger partial charge in [-0.1, -0.05) is 18.6 Å². The van der Waals surface area contributed by atoms with Crippen LogP contribution in [0.2, 0.25) is 0 Å². The van der Waals surface area contributed by atoms with E-state index in [0.29, 0.717) is 18.1 Å². The van der Waals surface area contributed by atoms with Crippen LogP contribution in [-0.2, 0) is 4.74 Å². The summed E-state index contributed by atoms with van der Waals surface area (Å²) in [6.45, 7) is 2.37. The number of esters is 1. The molecule has 1 aliphatic rings. The normalized spacial score (nSPS) is 18.4. The number of pyridine rings is 2. The van der Waals surface area contributed by atoms with Crippen molar-refractivity contribution in [2.24, 2.45) is 11.7 Å². The lowest BCUT2D eigenvalue weighted by atomic mass is 9.87. The molecule has 1 aliphatic carbocycles. The van der Waals surface area contributed by atoms with Gasteiger partial charge in [0, 0.05) is 28.9 Å². The lowest BCUT2D eigenvalue weighted by Crippen LogP contribution is -2.30. The second-order valence-electron chi connectivity index (χ2n) is 8.81. The van der Waals surface area contributed by atoms with Gasteiger partial charge in [-0.3, -0.25) is 9.97 Å². The van der Waals surface area contributed by atoms with E-state index in [1.54, 1.807) is 12.5 Å². The minimum Gasteiger partial charge on any atom is -0.462 e. The Hall–Kier alpha value is -3.58. The van der Waals surface area contributed by atoms with E-state index in [1.165, 1.54) is 0 Å². The van der Waals surface area contributed by atoms with Crippen molar-refractivity contribution in [2.75, 3.05) is 6.61 Å². The van der Waals surface area contributed by atoms with Crippen molar-refractivity contribution >= 4 is 16.9 Å². The van der Waals surface area contributed by atoms with Gasteiger partial charge in [0.15, 0.2) is 0 Å². The van der Waals surface area contributed by atoms with Gasteiger partial charge in [-0.05, 0) is 62.4 Å². The summed E-state index contributed by atoms with van der Waals surface area (Å²) in [6.07, 6.45) is 7.36. The molecule has 0 amide bonds. The monoisotopic (exact) mass is 441 g/mol. The lowest BCUT2D eigenvalue weighted by molar-refractivity contribution is 0.0402. The SMILES string of the molecule is Cc1cccc(-c2[nH]cnc2-c2ccc3ncc(C(=O)OC[C@H]4CCC[C@H](N)C4)cc3c2)n1. The Morgan fingerprint density at radius 3 is 2.94 bits per heavy atom. The largest absolute Gasteiger partial charge is 0.462 e. The first-order valence-corrected chi connectivity index (χ1v) is 11.4. The van der Waals surface area contributed by atoms with Crippen molar-refractivity contribution in [1.82, 2.24) is 19.9 Å². The van der Waals surface area contributed by atoms with Crippen molar-refractivity contribution in [3.05, 3.63) is 66.2 Å². The molecular weight excluding hydrogens is 414 g/mol. The summed E-state index contributed by atoms with van der Waals surface area (Å²) >= 11 is 0. The number of benzene rings is 1. The van der Waals surface area contributed by atoms with E-state index >= 15 is 0 Å². The second-order valence-corrected chi connectivity index (χ2v) is 8.81. The average Bonchev–Trinajstić information content (AvgIpc) is 3.32. The molecule has 3 heterocycles. The number of H-pyrrole nitrogens is 1. The molecular formula is C26H27N5O2. The van der Waals surface area contributed by atoms with Crippen LogP contribution in [0.4, 0.5) is 0 Å². The van der Waals surface area contributed by atoms with Crippen LogP contribution >= 0.6 is 0 Å². The summed E-state index contributed by atoms with van der Waals surface area (Å²) in [7, 11) is 0. The molecule has 33 heavy (non-hydrogen) atoms. The molecule has 7 heteroatoms. The first kappa shape index (κ1) is 21.3. The molecule has 7 nitrogen and oxygen atoms in total. The Kier molecular flexibility index (Phi) is 5.88. The van der Waals surface area contributed by atoms with Crippen LogP contribution in [0.25, 0.3) is 33.5 Å². The quantitative estimate of drug-likeness (QED) is 0.436. The maximum absolute atomic E-state index is 12.7. The average molecular weight is 442 g/mol. The molecule has 3 aromatic heterocycles. The number of ether oxygens (including phenoxy) is 1. The first-order valence-electron chi connectivity index (χ1n) is 11.4. The summed E-state index contributed by atoms with van der Waals surface area (Å²) in [4.78, 5) is 29.5. The Balaban J connectivity index is 1.39. The summed E-state index contributed by atoms with van der Waals surface area (Å²) in [6, 6.07) is 13.9. The Morgan fingerprint density at radius 2 is 2.09 bits per heavy atom. The fourth-order valence-electron chi connectivity index (χ4n) is 4.54. The van der Waals surface area contributed by atoms with Gasteiger partial charge in [-0.25, -0.2) is 9.78 Å². The van der Waals surface area contributed by atoms with E-state index in [-0.39, 0.29) is 12.0 Å². The maximum Gasteiger partial charge on any atom is 0.339 e. The van der Waals surface area contributed by atoms with Crippen molar-refractivity contribution in [2.45, 2.75) is 38.6 Å². The van der Waals surface area contributed by atoms with Gasteiger partial charge < -0.3 is 15.5 Å². The molecule has 2 atom stereocenters. The number of carbonyl (C=O) groups is 1. The van der Waals surface area contributed by atoms with Crippen molar-refractivity contribution < 1.29 is 9.53 Å². The third-order valence-electron chi connectivity index (χ3n) is 6.25. The van der Waals surface area contributed by atoms with Gasteiger partial charge >= 0.3 is 5.97 Å². The highest BCUT2D eigenvalue weighted by Gasteiger charge is 2.21. The highest BCUT2D eigenvalue weighted by molar-refractivity contribution is 5.95. The highest BCUT2D eigenvalue weighted by Crippen LogP contribution is 2.30. The van der Waals surface area contributed by atoms with Crippen LogP contribution in [0.5, 0.6) is 0 Å². The third-order valence-corrected chi connectivity index (χ3v) is 6.25. The fourth-order valence-corrected chi connectivity index (χ4v) is 4.54. The zero-order chi connectivity index (χ0) is 22.8. The van der Waals surface area contributed by atoms with Crippen molar-refractivity contribution in [1.29, 1.82) is 0 Å². The van der Waals surface area contributed by atoms with Gasteiger partial charge in [0.05, 0.1) is 41.1 Å². The number of nitrogens with one attached hydrogen (secondary N) is 1. The number of nitrogens with two attached hydrogens (primary N) is 1. The predicted octanol–water partition coefficient (Wildman–Crippen LogP) is 4.67. The zero-order valence-electron chi connectivity index (χ0n) is 18.6. The van der Waals surface area contributed by atoms with Gasteiger partial charge in [-0.2, -0.15) is 0 Å². The summed E-state index contributed by atoms with van der Waals surface area (Å²) in [5.41, 5.74) is 11.7. The van der Waals surface area contributed by atoms with Crippen LogP contribution in [0.1, 0.15) is 41.7 Å². The summed E-state index contributed by atoms with van der Waals surface area (Å²) < 4.78 is 5.60. The molecule has 0 bridgehead atoms. The number of aromatic amines is 1. The molecule has 168 valence electrons. The highest BCUT2D eigenvalue weighted by atomic mass is 16.5. The van der Waals surface area contributed by atoms with Crippen LogP contribution in [0, 0.1) is 12.8 Å². The number of hydrogen-bond acceptors (Lipinski definition) is 6. The zero-order valence-corrected chi connectivity index (χ0v) is 18.6. The summed E-state index contributed by atoms with van der Waals surface area (Å²) in [5, 5.41) is 0.854. The van der Waals surface area contributed by atoms with E-state index in [1.807, 2.05) is 49.4 Å². The number of rotatable bonds is 5. The Bertz CT molecular complexity index is 1300.